The molecule has 2 rings (SSSR count). The highest BCUT2D eigenvalue weighted by molar-refractivity contribution is 6.10. The smallest absolute Gasteiger partial charge is 0.193 e. The number of rotatable bonds is 6. The predicted molar refractivity (Wildman–Crippen MR) is 87.5 cm³/mol. The quantitative estimate of drug-likeness (QED) is 0.648. The van der Waals surface area contributed by atoms with Crippen molar-refractivity contribution in [2.75, 3.05) is 21.3 Å². The van der Waals surface area contributed by atoms with Gasteiger partial charge in [0.25, 0.3) is 0 Å². The average molecular weight is 332 g/mol. The number of ketones is 1. The molecule has 0 saturated carbocycles. The van der Waals surface area contributed by atoms with Gasteiger partial charge in [0.05, 0.1) is 21.3 Å². The number of methoxy groups -OCH3 is 3. The second kappa shape index (κ2) is 7.50. The van der Waals surface area contributed by atoms with E-state index < -0.39 is 17.3 Å². The van der Waals surface area contributed by atoms with Gasteiger partial charge in [-0.05, 0) is 23.8 Å². The summed E-state index contributed by atoms with van der Waals surface area (Å²) in [4.78, 5) is 12.3. The Balaban J connectivity index is 2.32. The Hall–Kier alpha value is -3.02. The molecule has 0 heterocycles. The van der Waals surface area contributed by atoms with E-state index in [1.54, 1.807) is 24.3 Å². The van der Waals surface area contributed by atoms with E-state index in [4.69, 9.17) is 14.2 Å². The molecular weight excluding hydrogens is 315 g/mol. The van der Waals surface area contributed by atoms with Crippen LogP contribution in [0.2, 0.25) is 0 Å². The van der Waals surface area contributed by atoms with E-state index in [2.05, 4.69) is 0 Å². The lowest BCUT2D eigenvalue weighted by Crippen LogP contribution is -2.00. The Bertz CT molecular complexity index is 783. The molecule has 24 heavy (non-hydrogen) atoms. The number of carbonyl (C=O) groups is 1. The summed E-state index contributed by atoms with van der Waals surface area (Å²) in [5, 5.41) is 9.81. The molecule has 5 nitrogen and oxygen atoms in total. The van der Waals surface area contributed by atoms with Crippen LogP contribution in [0.25, 0.3) is 6.08 Å². The van der Waals surface area contributed by atoms with Crippen molar-refractivity contribution in [2.45, 2.75) is 0 Å². The highest BCUT2D eigenvalue weighted by Gasteiger charge is 2.17. The fourth-order valence-electron chi connectivity index (χ4n) is 2.19. The van der Waals surface area contributed by atoms with E-state index in [1.807, 2.05) is 0 Å². The van der Waals surface area contributed by atoms with Crippen molar-refractivity contribution >= 4 is 11.9 Å². The van der Waals surface area contributed by atoms with Gasteiger partial charge in [-0.1, -0.05) is 12.1 Å². The number of halogens is 1. The fraction of sp³-hybridized carbons (Fsp3) is 0.167. The third-order valence-electron chi connectivity index (χ3n) is 3.35. The van der Waals surface area contributed by atoms with Crippen LogP contribution < -0.4 is 14.2 Å². The summed E-state index contributed by atoms with van der Waals surface area (Å²) < 4.78 is 28.6. The van der Waals surface area contributed by atoms with Gasteiger partial charge >= 0.3 is 0 Å². The Labute approximate surface area is 138 Å². The summed E-state index contributed by atoms with van der Waals surface area (Å²) in [5.41, 5.74) is 0.595. The number of aromatic hydroxyl groups is 1. The first-order chi connectivity index (χ1) is 11.5. The monoisotopic (exact) mass is 332 g/mol. The molecule has 0 atom stereocenters. The van der Waals surface area contributed by atoms with Gasteiger partial charge in [0.1, 0.15) is 22.9 Å². The number of carbonyl (C=O) groups excluding carboxylic acids is 1. The molecule has 1 N–H and O–H groups in total. The first-order valence-electron chi connectivity index (χ1n) is 7.01. The van der Waals surface area contributed by atoms with Gasteiger partial charge in [-0.2, -0.15) is 0 Å². The van der Waals surface area contributed by atoms with E-state index in [0.717, 1.165) is 12.1 Å². The van der Waals surface area contributed by atoms with Gasteiger partial charge in [0, 0.05) is 12.1 Å². The molecule has 0 radical (unpaired) electrons. The van der Waals surface area contributed by atoms with Crippen LogP contribution in [-0.2, 0) is 0 Å². The van der Waals surface area contributed by atoms with Gasteiger partial charge in [-0.3, -0.25) is 4.79 Å². The first kappa shape index (κ1) is 17.3. The van der Waals surface area contributed by atoms with Crippen LogP contribution in [-0.4, -0.2) is 32.2 Å². The highest BCUT2D eigenvalue weighted by atomic mass is 19.1. The molecule has 0 aliphatic heterocycles. The predicted octanol–water partition coefficient (Wildman–Crippen LogP) is 3.45. The lowest BCUT2D eigenvalue weighted by Gasteiger charge is -2.09. The molecule has 0 spiro atoms. The number of ether oxygens (including phenoxy) is 3. The van der Waals surface area contributed by atoms with Gasteiger partial charge in [-0.25, -0.2) is 4.39 Å². The van der Waals surface area contributed by atoms with Crippen molar-refractivity contribution < 1.29 is 28.5 Å². The zero-order valence-corrected chi connectivity index (χ0v) is 13.5. The lowest BCUT2D eigenvalue weighted by atomic mass is 10.1. The average Bonchev–Trinajstić information content (AvgIpc) is 2.58. The normalized spacial score (nSPS) is 10.7. The summed E-state index contributed by atoms with van der Waals surface area (Å²) in [6, 6.07) is 7.05. The van der Waals surface area contributed by atoms with Crippen molar-refractivity contribution in [3.05, 3.63) is 53.4 Å². The molecule has 0 aliphatic rings. The summed E-state index contributed by atoms with van der Waals surface area (Å²) >= 11 is 0. The van der Waals surface area contributed by atoms with Crippen molar-refractivity contribution in [3.63, 3.8) is 0 Å². The van der Waals surface area contributed by atoms with Crippen LogP contribution in [0, 0.1) is 5.82 Å². The minimum absolute atomic E-state index is 0.0329. The Morgan fingerprint density at radius 3 is 2.29 bits per heavy atom. The van der Waals surface area contributed by atoms with Crippen LogP contribution in [0.3, 0.4) is 0 Å². The molecule has 0 saturated heterocycles. The van der Waals surface area contributed by atoms with E-state index in [9.17, 15) is 14.3 Å². The van der Waals surface area contributed by atoms with Crippen molar-refractivity contribution in [1.82, 2.24) is 0 Å². The molecule has 0 aromatic heterocycles. The maximum Gasteiger partial charge on any atom is 0.193 e. The Kier molecular flexibility index (Phi) is 5.42. The summed E-state index contributed by atoms with van der Waals surface area (Å²) in [7, 11) is 4.33. The van der Waals surface area contributed by atoms with E-state index >= 15 is 0 Å². The van der Waals surface area contributed by atoms with E-state index in [0.29, 0.717) is 17.1 Å². The number of allylic oxidation sites excluding steroid dienone is 1. The van der Waals surface area contributed by atoms with Gasteiger partial charge in [0.2, 0.25) is 0 Å². The van der Waals surface area contributed by atoms with Crippen LogP contribution in [0.5, 0.6) is 23.0 Å². The van der Waals surface area contributed by atoms with E-state index in [-0.39, 0.29) is 11.3 Å². The number of phenolic OH excluding ortho intramolecular Hbond substituents is 1. The van der Waals surface area contributed by atoms with Crippen molar-refractivity contribution in [3.8, 4) is 23.0 Å². The van der Waals surface area contributed by atoms with Gasteiger partial charge in [0.15, 0.2) is 17.3 Å². The highest BCUT2D eigenvalue weighted by Crippen LogP contribution is 2.31. The Morgan fingerprint density at radius 1 is 1.00 bits per heavy atom. The van der Waals surface area contributed by atoms with Crippen LogP contribution in [0.15, 0.2) is 36.4 Å². The molecule has 0 fully saturated rings. The standard InChI is InChI=1S/C18H17FO5/c1-22-15-7-5-11(8-16(15)23-2)4-6-13(20)18-14(21)9-12(19)10-17(18)24-3/h4-10,21H,1-3H3/b6-4+. The third-order valence-corrected chi connectivity index (χ3v) is 3.35. The first-order valence-corrected chi connectivity index (χ1v) is 7.01. The van der Waals surface area contributed by atoms with Crippen molar-refractivity contribution in [1.29, 1.82) is 0 Å². The molecule has 0 aliphatic carbocycles. The second-order valence-electron chi connectivity index (χ2n) is 4.81. The van der Waals surface area contributed by atoms with E-state index in [1.165, 1.54) is 27.4 Å². The third kappa shape index (κ3) is 3.65. The van der Waals surface area contributed by atoms with Crippen LogP contribution in [0.4, 0.5) is 4.39 Å². The number of phenols is 1. The zero-order chi connectivity index (χ0) is 17.7. The van der Waals surface area contributed by atoms with Crippen molar-refractivity contribution in [2.24, 2.45) is 0 Å². The summed E-state index contributed by atoms with van der Waals surface area (Å²) in [5.74, 6) is -0.625. The SMILES string of the molecule is COc1ccc(/C=C/C(=O)c2c(O)cc(F)cc2OC)cc1OC. The molecule has 0 amide bonds. The summed E-state index contributed by atoms with van der Waals surface area (Å²) in [6.07, 6.45) is 2.81. The molecule has 0 unspecified atom stereocenters. The maximum absolute atomic E-state index is 13.3. The largest absolute Gasteiger partial charge is 0.507 e. The van der Waals surface area contributed by atoms with Crippen LogP contribution >= 0.6 is 0 Å². The number of hydrogen-bond donors (Lipinski definition) is 1. The molecule has 2 aromatic carbocycles. The number of benzene rings is 2. The molecule has 2 aromatic rings. The molecule has 6 heteroatoms. The lowest BCUT2D eigenvalue weighted by molar-refractivity contribution is 0.104. The second-order valence-corrected chi connectivity index (χ2v) is 4.81. The number of hydrogen-bond acceptors (Lipinski definition) is 5. The minimum atomic E-state index is -0.690. The van der Waals surface area contributed by atoms with Gasteiger partial charge in [-0.15, -0.1) is 0 Å². The molecular formula is C18H17FO5. The molecule has 126 valence electrons. The summed E-state index contributed by atoms with van der Waals surface area (Å²) in [6.45, 7) is 0. The maximum atomic E-state index is 13.3. The topological polar surface area (TPSA) is 65.0 Å². The van der Waals surface area contributed by atoms with Gasteiger partial charge < -0.3 is 19.3 Å². The van der Waals surface area contributed by atoms with Crippen LogP contribution in [0.1, 0.15) is 15.9 Å². The zero-order valence-electron chi connectivity index (χ0n) is 13.5. The Morgan fingerprint density at radius 2 is 1.67 bits per heavy atom. The fourth-order valence-corrected chi connectivity index (χ4v) is 2.19. The minimum Gasteiger partial charge on any atom is -0.507 e. The molecule has 0 bridgehead atoms.